The van der Waals surface area contributed by atoms with Crippen LogP contribution < -0.4 is 10.6 Å². The molecule has 0 aromatic carbocycles. The summed E-state index contributed by atoms with van der Waals surface area (Å²) in [6, 6.07) is 3.79. The first kappa shape index (κ1) is 12.2. The quantitative estimate of drug-likeness (QED) is 0.806. The minimum atomic E-state index is 0.0443. The van der Waals surface area contributed by atoms with Gasteiger partial charge in [0.05, 0.1) is 0 Å². The second-order valence-corrected chi connectivity index (χ2v) is 4.58. The molecule has 2 N–H and O–H groups in total. The van der Waals surface area contributed by atoms with Crippen LogP contribution >= 0.6 is 0 Å². The maximum atomic E-state index is 11.9. The highest BCUT2D eigenvalue weighted by Crippen LogP contribution is 2.11. The Morgan fingerprint density at radius 1 is 1.65 bits per heavy atom. The third kappa shape index (κ3) is 3.09. The molecule has 0 aliphatic carbocycles. The van der Waals surface area contributed by atoms with Crippen LogP contribution in [0.1, 0.15) is 30.3 Å². The Hall–Kier alpha value is -1.29. The molecule has 1 aromatic rings. The Morgan fingerprint density at radius 2 is 2.53 bits per heavy atom. The molecule has 1 fully saturated rings. The SMILES string of the molecule is CCn1cccc1C(=O)NCCC1CCNC1. The van der Waals surface area contributed by atoms with E-state index in [1.807, 2.05) is 29.8 Å². The second kappa shape index (κ2) is 5.87. The predicted molar refractivity (Wildman–Crippen MR) is 68.0 cm³/mol. The molecule has 4 heteroatoms. The summed E-state index contributed by atoms with van der Waals surface area (Å²) in [5.41, 5.74) is 0.761. The van der Waals surface area contributed by atoms with E-state index < -0.39 is 0 Å². The van der Waals surface area contributed by atoms with Crippen LogP contribution in [0.15, 0.2) is 18.3 Å². The molecule has 0 saturated carbocycles. The topological polar surface area (TPSA) is 46.1 Å². The van der Waals surface area contributed by atoms with Crippen LogP contribution in [-0.2, 0) is 6.54 Å². The minimum absolute atomic E-state index is 0.0443. The molecule has 17 heavy (non-hydrogen) atoms. The van der Waals surface area contributed by atoms with Crippen molar-refractivity contribution in [2.24, 2.45) is 5.92 Å². The molecule has 0 radical (unpaired) electrons. The summed E-state index contributed by atoms with van der Waals surface area (Å²) in [6.07, 6.45) is 4.25. The Morgan fingerprint density at radius 3 is 3.24 bits per heavy atom. The maximum Gasteiger partial charge on any atom is 0.267 e. The van der Waals surface area contributed by atoms with Crippen molar-refractivity contribution >= 4 is 5.91 Å². The summed E-state index contributed by atoms with van der Waals surface area (Å²) in [7, 11) is 0. The van der Waals surface area contributed by atoms with E-state index in [-0.39, 0.29) is 5.91 Å². The number of aromatic nitrogens is 1. The zero-order chi connectivity index (χ0) is 12.1. The molecular formula is C13H21N3O. The number of rotatable bonds is 5. The molecule has 2 heterocycles. The zero-order valence-electron chi connectivity index (χ0n) is 10.4. The van der Waals surface area contributed by atoms with E-state index in [0.29, 0.717) is 0 Å². The van der Waals surface area contributed by atoms with E-state index in [9.17, 15) is 4.79 Å². The van der Waals surface area contributed by atoms with E-state index in [0.717, 1.165) is 44.2 Å². The molecule has 2 rings (SSSR count). The number of hydrogen-bond acceptors (Lipinski definition) is 2. The van der Waals surface area contributed by atoms with E-state index >= 15 is 0 Å². The summed E-state index contributed by atoms with van der Waals surface area (Å²) in [4.78, 5) is 11.9. The Balaban J connectivity index is 1.77. The molecule has 1 aliphatic heterocycles. The highest BCUT2D eigenvalue weighted by Gasteiger charge is 2.15. The molecule has 1 saturated heterocycles. The molecule has 1 atom stereocenters. The van der Waals surface area contributed by atoms with E-state index in [4.69, 9.17) is 0 Å². The molecule has 1 amide bonds. The van der Waals surface area contributed by atoms with Crippen molar-refractivity contribution in [3.05, 3.63) is 24.0 Å². The molecule has 1 unspecified atom stereocenters. The van der Waals surface area contributed by atoms with Crippen LogP contribution in [0.2, 0.25) is 0 Å². The van der Waals surface area contributed by atoms with Crippen molar-refractivity contribution in [1.29, 1.82) is 0 Å². The van der Waals surface area contributed by atoms with Crippen LogP contribution in [0, 0.1) is 5.92 Å². The lowest BCUT2D eigenvalue weighted by Crippen LogP contribution is -2.28. The normalized spacial score (nSPS) is 19.5. The summed E-state index contributed by atoms with van der Waals surface area (Å²) >= 11 is 0. The van der Waals surface area contributed by atoms with Crippen molar-refractivity contribution in [1.82, 2.24) is 15.2 Å². The van der Waals surface area contributed by atoms with Crippen molar-refractivity contribution in [2.45, 2.75) is 26.3 Å². The first-order chi connectivity index (χ1) is 8.31. The minimum Gasteiger partial charge on any atom is -0.351 e. The number of carbonyl (C=O) groups excluding carboxylic acids is 1. The van der Waals surface area contributed by atoms with E-state index in [2.05, 4.69) is 10.6 Å². The van der Waals surface area contributed by atoms with Crippen LogP contribution in [-0.4, -0.2) is 30.1 Å². The van der Waals surface area contributed by atoms with Crippen LogP contribution in [0.25, 0.3) is 0 Å². The van der Waals surface area contributed by atoms with Gasteiger partial charge in [0, 0.05) is 19.3 Å². The average molecular weight is 235 g/mol. The third-order valence-corrected chi connectivity index (χ3v) is 3.40. The van der Waals surface area contributed by atoms with Gasteiger partial charge in [-0.15, -0.1) is 0 Å². The largest absolute Gasteiger partial charge is 0.351 e. The molecule has 0 bridgehead atoms. The molecule has 0 spiro atoms. The highest BCUT2D eigenvalue weighted by molar-refractivity contribution is 5.92. The molecule has 4 nitrogen and oxygen atoms in total. The molecule has 94 valence electrons. The van der Waals surface area contributed by atoms with Gasteiger partial charge in [0.1, 0.15) is 5.69 Å². The predicted octanol–water partition coefficient (Wildman–Crippen LogP) is 1.24. The van der Waals surface area contributed by atoms with Gasteiger partial charge in [0.2, 0.25) is 0 Å². The summed E-state index contributed by atoms with van der Waals surface area (Å²) in [6.45, 7) is 5.88. The first-order valence-electron chi connectivity index (χ1n) is 6.45. The fourth-order valence-corrected chi connectivity index (χ4v) is 2.34. The van der Waals surface area contributed by atoms with Crippen LogP contribution in [0.5, 0.6) is 0 Å². The summed E-state index contributed by atoms with van der Waals surface area (Å²) in [5.74, 6) is 0.774. The Kier molecular flexibility index (Phi) is 4.20. The van der Waals surface area contributed by atoms with Gasteiger partial charge >= 0.3 is 0 Å². The van der Waals surface area contributed by atoms with Gasteiger partial charge in [-0.25, -0.2) is 0 Å². The Bertz CT molecular complexity index is 366. The van der Waals surface area contributed by atoms with E-state index in [1.165, 1.54) is 6.42 Å². The summed E-state index contributed by atoms with van der Waals surface area (Å²) < 4.78 is 1.96. The van der Waals surface area contributed by atoms with Crippen LogP contribution in [0.4, 0.5) is 0 Å². The maximum absolute atomic E-state index is 11.9. The van der Waals surface area contributed by atoms with Crippen molar-refractivity contribution in [3.8, 4) is 0 Å². The van der Waals surface area contributed by atoms with Gasteiger partial charge in [-0.3, -0.25) is 4.79 Å². The number of aryl methyl sites for hydroxylation is 1. The summed E-state index contributed by atoms with van der Waals surface area (Å²) in [5, 5.41) is 6.34. The third-order valence-electron chi connectivity index (χ3n) is 3.40. The van der Waals surface area contributed by atoms with Gasteiger partial charge in [0.15, 0.2) is 0 Å². The lowest BCUT2D eigenvalue weighted by atomic mass is 10.1. The van der Waals surface area contributed by atoms with Gasteiger partial charge in [0.25, 0.3) is 5.91 Å². The first-order valence-corrected chi connectivity index (χ1v) is 6.45. The van der Waals surface area contributed by atoms with Crippen molar-refractivity contribution in [3.63, 3.8) is 0 Å². The number of hydrogen-bond donors (Lipinski definition) is 2. The Labute approximate surface area is 102 Å². The number of nitrogens with one attached hydrogen (secondary N) is 2. The lowest BCUT2D eigenvalue weighted by molar-refractivity contribution is 0.0942. The van der Waals surface area contributed by atoms with Gasteiger partial charge < -0.3 is 15.2 Å². The zero-order valence-corrected chi connectivity index (χ0v) is 10.4. The lowest BCUT2D eigenvalue weighted by Gasteiger charge is -2.10. The number of nitrogens with zero attached hydrogens (tertiary/aromatic N) is 1. The molecular weight excluding hydrogens is 214 g/mol. The van der Waals surface area contributed by atoms with Gasteiger partial charge in [-0.05, 0) is 50.9 Å². The van der Waals surface area contributed by atoms with Gasteiger partial charge in [-0.2, -0.15) is 0 Å². The number of carbonyl (C=O) groups is 1. The number of amides is 1. The molecule has 1 aromatic heterocycles. The fourth-order valence-electron chi connectivity index (χ4n) is 2.34. The highest BCUT2D eigenvalue weighted by atomic mass is 16.1. The fraction of sp³-hybridized carbons (Fsp3) is 0.615. The van der Waals surface area contributed by atoms with Crippen molar-refractivity contribution < 1.29 is 4.79 Å². The molecule has 1 aliphatic rings. The standard InChI is InChI=1S/C13H21N3O/c1-2-16-9-3-4-12(16)13(17)15-8-6-11-5-7-14-10-11/h3-4,9,11,14H,2,5-8,10H2,1H3,(H,15,17). The van der Waals surface area contributed by atoms with Gasteiger partial charge in [-0.1, -0.05) is 0 Å². The smallest absolute Gasteiger partial charge is 0.267 e. The van der Waals surface area contributed by atoms with E-state index in [1.54, 1.807) is 0 Å². The van der Waals surface area contributed by atoms with Crippen molar-refractivity contribution in [2.75, 3.05) is 19.6 Å². The monoisotopic (exact) mass is 235 g/mol. The van der Waals surface area contributed by atoms with Crippen LogP contribution in [0.3, 0.4) is 0 Å². The average Bonchev–Trinajstić information content (AvgIpc) is 2.99. The second-order valence-electron chi connectivity index (χ2n) is 4.58.